The fraction of sp³-hybridized carbons (Fsp3) is 0.286. The van der Waals surface area contributed by atoms with Crippen LogP contribution in [-0.2, 0) is 4.79 Å². The van der Waals surface area contributed by atoms with E-state index in [-0.39, 0.29) is 11.6 Å². The minimum absolute atomic E-state index is 0.0126. The van der Waals surface area contributed by atoms with E-state index >= 15 is 0 Å². The number of carbonyl (C=O) groups is 1. The smallest absolute Gasteiger partial charge is 0.263 e. The van der Waals surface area contributed by atoms with Gasteiger partial charge >= 0.3 is 0 Å². The van der Waals surface area contributed by atoms with Crippen molar-refractivity contribution in [1.29, 1.82) is 5.26 Å². The average Bonchev–Trinajstić information content (AvgIpc) is 2.38. The van der Waals surface area contributed by atoms with Gasteiger partial charge in [0.05, 0.1) is 0 Å². The number of nitriles is 1. The molecule has 20 heavy (non-hydrogen) atoms. The summed E-state index contributed by atoms with van der Waals surface area (Å²) in [4.78, 5) is 11.8. The topological polar surface area (TPSA) is 64.9 Å². The van der Waals surface area contributed by atoms with Crippen LogP contribution < -0.4 is 10.6 Å². The van der Waals surface area contributed by atoms with E-state index in [4.69, 9.17) is 28.5 Å². The van der Waals surface area contributed by atoms with Crippen molar-refractivity contribution in [2.75, 3.05) is 5.32 Å². The molecule has 2 N–H and O–H groups in total. The molecule has 4 nitrogen and oxygen atoms in total. The van der Waals surface area contributed by atoms with Gasteiger partial charge in [0.15, 0.2) is 0 Å². The summed E-state index contributed by atoms with van der Waals surface area (Å²) in [6, 6.07) is 6.75. The molecular weight excluding hydrogens is 297 g/mol. The minimum atomic E-state index is -0.414. The zero-order valence-electron chi connectivity index (χ0n) is 11.2. The van der Waals surface area contributed by atoms with Crippen molar-refractivity contribution in [3.05, 3.63) is 40.0 Å². The van der Waals surface area contributed by atoms with Crippen molar-refractivity contribution in [3.8, 4) is 6.07 Å². The van der Waals surface area contributed by atoms with Crippen LogP contribution in [0.25, 0.3) is 0 Å². The molecule has 1 atom stereocenters. The first-order valence-corrected chi connectivity index (χ1v) is 6.85. The number of carbonyl (C=O) groups excluding carboxylic acids is 1. The molecule has 0 aromatic heterocycles. The van der Waals surface area contributed by atoms with Gasteiger partial charge in [-0.3, -0.25) is 4.79 Å². The van der Waals surface area contributed by atoms with E-state index < -0.39 is 5.91 Å². The highest BCUT2D eigenvalue weighted by Gasteiger charge is 2.11. The number of nitrogens with zero attached hydrogens (tertiary/aromatic N) is 1. The van der Waals surface area contributed by atoms with Crippen molar-refractivity contribution in [3.63, 3.8) is 0 Å². The van der Waals surface area contributed by atoms with Gasteiger partial charge in [0.25, 0.3) is 5.91 Å². The second-order valence-corrected chi connectivity index (χ2v) is 5.13. The van der Waals surface area contributed by atoms with Crippen LogP contribution in [0.15, 0.2) is 30.0 Å². The van der Waals surface area contributed by atoms with Gasteiger partial charge in [0.2, 0.25) is 0 Å². The summed E-state index contributed by atoms with van der Waals surface area (Å²) < 4.78 is 0. The normalized spacial score (nSPS) is 12.4. The van der Waals surface area contributed by atoms with E-state index in [0.29, 0.717) is 15.7 Å². The molecule has 0 saturated heterocycles. The van der Waals surface area contributed by atoms with Crippen LogP contribution in [0.5, 0.6) is 0 Å². The Morgan fingerprint density at radius 3 is 2.50 bits per heavy atom. The highest BCUT2D eigenvalue weighted by atomic mass is 35.5. The minimum Gasteiger partial charge on any atom is -0.360 e. The summed E-state index contributed by atoms with van der Waals surface area (Å²) in [5.41, 5.74) is 0.591. The fourth-order valence-corrected chi connectivity index (χ4v) is 1.87. The van der Waals surface area contributed by atoms with E-state index in [1.165, 1.54) is 6.20 Å². The Morgan fingerprint density at radius 1 is 1.40 bits per heavy atom. The molecule has 0 aliphatic rings. The molecule has 1 aromatic carbocycles. The van der Waals surface area contributed by atoms with E-state index in [0.717, 1.165) is 6.42 Å². The summed E-state index contributed by atoms with van der Waals surface area (Å²) in [7, 11) is 0. The number of halogens is 2. The third-order valence-corrected chi connectivity index (χ3v) is 3.04. The van der Waals surface area contributed by atoms with Crippen molar-refractivity contribution < 1.29 is 4.79 Å². The quantitative estimate of drug-likeness (QED) is 0.643. The molecule has 1 aromatic rings. The maximum atomic E-state index is 11.8. The maximum absolute atomic E-state index is 11.8. The Kier molecular flexibility index (Phi) is 6.37. The first-order chi connectivity index (χ1) is 9.46. The Bertz CT molecular complexity index is 544. The number of benzene rings is 1. The van der Waals surface area contributed by atoms with Crippen LogP contribution in [-0.4, -0.2) is 11.9 Å². The van der Waals surface area contributed by atoms with Crippen molar-refractivity contribution in [1.82, 2.24) is 5.32 Å². The predicted octanol–water partition coefficient (Wildman–Crippen LogP) is 3.73. The third-order valence-electron chi connectivity index (χ3n) is 2.60. The summed E-state index contributed by atoms with van der Waals surface area (Å²) in [6.45, 7) is 3.82. The third kappa shape index (κ3) is 5.12. The second kappa shape index (κ2) is 7.78. The van der Waals surface area contributed by atoms with Crippen LogP contribution in [0.3, 0.4) is 0 Å². The summed E-state index contributed by atoms with van der Waals surface area (Å²) >= 11 is 11.7. The van der Waals surface area contributed by atoms with Crippen LogP contribution in [0.1, 0.15) is 20.3 Å². The molecule has 0 aliphatic carbocycles. The van der Waals surface area contributed by atoms with Gasteiger partial charge in [-0.2, -0.15) is 5.26 Å². The monoisotopic (exact) mass is 311 g/mol. The molecule has 0 fully saturated rings. The summed E-state index contributed by atoms with van der Waals surface area (Å²) in [6.07, 6.45) is 2.13. The van der Waals surface area contributed by atoms with E-state index in [2.05, 4.69) is 10.6 Å². The Morgan fingerprint density at radius 2 is 2.00 bits per heavy atom. The molecule has 1 rings (SSSR count). The number of hydrogen-bond donors (Lipinski definition) is 2. The second-order valence-electron chi connectivity index (χ2n) is 4.26. The lowest BCUT2D eigenvalue weighted by Gasteiger charge is -2.10. The molecule has 0 heterocycles. The van der Waals surface area contributed by atoms with Crippen LogP contribution in [0.4, 0.5) is 5.69 Å². The van der Waals surface area contributed by atoms with E-state index in [1.54, 1.807) is 18.2 Å². The molecule has 106 valence electrons. The fourth-order valence-electron chi connectivity index (χ4n) is 1.34. The van der Waals surface area contributed by atoms with Crippen LogP contribution >= 0.6 is 23.2 Å². The molecule has 0 aliphatic heterocycles. The molecule has 1 amide bonds. The zero-order valence-corrected chi connectivity index (χ0v) is 12.7. The first-order valence-electron chi connectivity index (χ1n) is 6.10. The number of hydrogen-bond acceptors (Lipinski definition) is 3. The van der Waals surface area contributed by atoms with Crippen molar-refractivity contribution in [2.24, 2.45) is 0 Å². The summed E-state index contributed by atoms with van der Waals surface area (Å²) in [5.74, 6) is -0.414. The standard InChI is InChI=1S/C14H15Cl2N3O/c1-3-9(2)19-14(20)10(7-17)8-18-13-5-11(15)4-12(16)6-13/h4-6,8-9,18H,3H2,1-2H3,(H,19,20)/b10-8-. The zero-order chi connectivity index (χ0) is 15.1. The van der Waals surface area contributed by atoms with Crippen molar-refractivity contribution >= 4 is 34.8 Å². The Hall–Kier alpha value is -1.70. The lowest BCUT2D eigenvalue weighted by molar-refractivity contribution is -0.117. The average molecular weight is 312 g/mol. The molecule has 1 unspecified atom stereocenters. The molecule has 0 bridgehead atoms. The largest absolute Gasteiger partial charge is 0.360 e. The lowest BCUT2D eigenvalue weighted by Crippen LogP contribution is -2.33. The van der Waals surface area contributed by atoms with E-state index in [9.17, 15) is 4.79 Å². The molecule has 6 heteroatoms. The van der Waals surface area contributed by atoms with Gasteiger partial charge in [0, 0.05) is 28.0 Å². The van der Waals surface area contributed by atoms with Crippen molar-refractivity contribution in [2.45, 2.75) is 26.3 Å². The molecule has 0 radical (unpaired) electrons. The number of rotatable bonds is 5. The highest BCUT2D eigenvalue weighted by Crippen LogP contribution is 2.22. The van der Waals surface area contributed by atoms with Gasteiger partial charge in [-0.05, 0) is 31.5 Å². The first kappa shape index (κ1) is 16.4. The van der Waals surface area contributed by atoms with Crippen LogP contribution in [0.2, 0.25) is 10.0 Å². The number of nitrogens with one attached hydrogen (secondary N) is 2. The summed E-state index contributed by atoms with van der Waals surface area (Å²) in [5, 5.41) is 15.5. The van der Waals surface area contributed by atoms with Gasteiger partial charge in [-0.25, -0.2) is 0 Å². The Balaban J connectivity index is 2.80. The van der Waals surface area contributed by atoms with Gasteiger partial charge < -0.3 is 10.6 Å². The molecule has 0 saturated carbocycles. The Labute approximate surface area is 128 Å². The number of anilines is 1. The van der Waals surface area contributed by atoms with Gasteiger partial charge in [0.1, 0.15) is 11.6 Å². The highest BCUT2D eigenvalue weighted by molar-refractivity contribution is 6.35. The van der Waals surface area contributed by atoms with E-state index in [1.807, 2.05) is 19.9 Å². The predicted molar refractivity (Wildman–Crippen MR) is 81.7 cm³/mol. The maximum Gasteiger partial charge on any atom is 0.263 e. The molecule has 0 spiro atoms. The van der Waals surface area contributed by atoms with Gasteiger partial charge in [-0.1, -0.05) is 30.1 Å². The SMILES string of the molecule is CCC(C)NC(=O)/C(C#N)=C\Nc1cc(Cl)cc(Cl)c1. The molecular formula is C14H15Cl2N3O. The van der Waals surface area contributed by atoms with Crippen LogP contribution in [0, 0.1) is 11.3 Å². The number of amides is 1. The van der Waals surface area contributed by atoms with Gasteiger partial charge in [-0.15, -0.1) is 0 Å². The lowest BCUT2D eigenvalue weighted by atomic mass is 10.2.